The monoisotopic (exact) mass is 303 g/mol. The van der Waals surface area contributed by atoms with Gasteiger partial charge in [0, 0.05) is 11.6 Å². The number of benzene rings is 1. The number of allylic oxidation sites excluding steroid dienone is 4. The van der Waals surface area contributed by atoms with Gasteiger partial charge >= 0.3 is 11.7 Å². The lowest BCUT2D eigenvalue weighted by molar-refractivity contribution is -0.385. The van der Waals surface area contributed by atoms with Crippen molar-refractivity contribution in [2.45, 2.75) is 19.3 Å². The Morgan fingerprint density at radius 1 is 1.36 bits per heavy atom. The molecule has 0 bridgehead atoms. The van der Waals surface area contributed by atoms with Crippen molar-refractivity contribution < 1.29 is 19.2 Å². The van der Waals surface area contributed by atoms with E-state index in [2.05, 4.69) is 0 Å². The highest BCUT2D eigenvalue weighted by atomic mass is 16.6. The van der Waals surface area contributed by atoms with Gasteiger partial charge in [-0.15, -0.1) is 0 Å². The Labute approximate surface area is 128 Å². The quantitative estimate of drug-likeness (QED) is 0.474. The molecule has 0 aliphatic heterocycles. The molecule has 0 amide bonds. The molecular formula is C16H17NO5. The van der Waals surface area contributed by atoms with E-state index in [1.807, 2.05) is 18.2 Å². The molecule has 0 aromatic heterocycles. The van der Waals surface area contributed by atoms with Crippen LogP contribution in [0.3, 0.4) is 0 Å². The zero-order valence-corrected chi connectivity index (χ0v) is 12.5. The molecule has 0 fully saturated rings. The third-order valence-corrected chi connectivity index (χ3v) is 3.55. The van der Waals surface area contributed by atoms with E-state index >= 15 is 0 Å². The lowest BCUT2D eigenvalue weighted by atomic mass is 9.91. The fourth-order valence-corrected chi connectivity index (χ4v) is 2.51. The maximum absolute atomic E-state index is 11.7. The summed E-state index contributed by atoms with van der Waals surface area (Å²) < 4.78 is 9.92. The molecule has 0 atom stereocenters. The summed E-state index contributed by atoms with van der Waals surface area (Å²) in [7, 11) is 2.65. The lowest BCUT2D eigenvalue weighted by Gasteiger charge is -2.17. The molecule has 2 rings (SSSR count). The maximum Gasteiger partial charge on any atom is 0.311 e. The van der Waals surface area contributed by atoms with Crippen molar-refractivity contribution in [1.82, 2.24) is 0 Å². The molecule has 0 radical (unpaired) electrons. The number of esters is 1. The number of hydrogen-bond acceptors (Lipinski definition) is 5. The van der Waals surface area contributed by atoms with Crippen LogP contribution in [0.2, 0.25) is 0 Å². The summed E-state index contributed by atoms with van der Waals surface area (Å²) in [5, 5.41) is 11.2. The molecular weight excluding hydrogens is 286 g/mol. The van der Waals surface area contributed by atoms with E-state index in [-0.39, 0.29) is 17.9 Å². The van der Waals surface area contributed by atoms with Crippen molar-refractivity contribution in [2.24, 2.45) is 0 Å². The third kappa shape index (κ3) is 3.16. The van der Waals surface area contributed by atoms with Gasteiger partial charge in [-0.1, -0.05) is 18.2 Å². The van der Waals surface area contributed by atoms with E-state index in [0.29, 0.717) is 5.56 Å². The highest BCUT2D eigenvalue weighted by Crippen LogP contribution is 2.38. The molecule has 1 aromatic rings. The fraction of sp³-hybridized carbons (Fsp3) is 0.312. The minimum atomic E-state index is -0.515. The number of methoxy groups -OCH3 is 2. The van der Waals surface area contributed by atoms with Crippen LogP contribution in [0.5, 0.6) is 5.75 Å². The molecule has 0 spiro atoms. The molecule has 1 aromatic carbocycles. The predicted molar refractivity (Wildman–Crippen MR) is 81.7 cm³/mol. The summed E-state index contributed by atoms with van der Waals surface area (Å²) in [4.78, 5) is 22.3. The summed E-state index contributed by atoms with van der Waals surface area (Å²) in [6.45, 7) is 0. The molecule has 0 N–H and O–H groups in total. The Morgan fingerprint density at radius 3 is 2.68 bits per heavy atom. The van der Waals surface area contributed by atoms with Gasteiger partial charge in [-0.3, -0.25) is 14.9 Å². The second-order valence-electron chi connectivity index (χ2n) is 4.81. The van der Waals surface area contributed by atoms with E-state index in [1.54, 1.807) is 6.07 Å². The standard InChI is InChI=1S/C16H17NO5/c1-21-15(18)10-13-12(11-6-4-3-5-7-11)8-9-14(17(19)20)16(13)22-2/h3-4,6,8-9H,5,7,10H2,1-2H3. The first-order chi connectivity index (χ1) is 10.6. The first kappa shape index (κ1) is 15.8. The van der Waals surface area contributed by atoms with Crippen LogP contribution in [0.1, 0.15) is 24.0 Å². The van der Waals surface area contributed by atoms with Crippen LogP contribution in [-0.2, 0) is 16.0 Å². The van der Waals surface area contributed by atoms with Crippen LogP contribution >= 0.6 is 0 Å². The summed E-state index contributed by atoms with van der Waals surface area (Å²) in [5.41, 5.74) is 2.15. The Kier molecular flexibility index (Phi) is 4.93. The van der Waals surface area contributed by atoms with Crippen LogP contribution in [0.4, 0.5) is 5.69 Å². The zero-order chi connectivity index (χ0) is 16.1. The van der Waals surface area contributed by atoms with Gasteiger partial charge in [0.05, 0.1) is 25.6 Å². The van der Waals surface area contributed by atoms with Crippen molar-refractivity contribution in [1.29, 1.82) is 0 Å². The van der Waals surface area contributed by atoms with Gasteiger partial charge in [0.25, 0.3) is 0 Å². The molecule has 6 nitrogen and oxygen atoms in total. The number of hydrogen-bond donors (Lipinski definition) is 0. The van der Waals surface area contributed by atoms with E-state index in [4.69, 9.17) is 9.47 Å². The molecule has 0 saturated carbocycles. The summed E-state index contributed by atoms with van der Waals surface area (Å²) in [6.07, 6.45) is 7.57. The van der Waals surface area contributed by atoms with Crippen LogP contribution < -0.4 is 4.74 Å². The first-order valence-corrected chi connectivity index (χ1v) is 6.85. The first-order valence-electron chi connectivity index (χ1n) is 6.85. The van der Waals surface area contributed by atoms with E-state index in [9.17, 15) is 14.9 Å². The third-order valence-electron chi connectivity index (χ3n) is 3.55. The van der Waals surface area contributed by atoms with Gasteiger partial charge in [-0.05, 0) is 30.0 Å². The summed E-state index contributed by atoms with van der Waals surface area (Å²) in [5.74, 6) is -0.352. The number of nitrogens with zero attached hydrogens (tertiary/aromatic N) is 1. The van der Waals surface area contributed by atoms with Gasteiger partial charge in [0.2, 0.25) is 5.75 Å². The second-order valence-corrected chi connectivity index (χ2v) is 4.81. The average Bonchev–Trinajstić information content (AvgIpc) is 2.54. The fourth-order valence-electron chi connectivity index (χ4n) is 2.51. The van der Waals surface area contributed by atoms with Crippen LogP contribution in [-0.4, -0.2) is 25.1 Å². The number of carbonyl (C=O) groups excluding carboxylic acids is 1. The minimum Gasteiger partial charge on any atom is -0.490 e. The molecule has 22 heavy (non-hydrogen) atoms. The van der Waals surface area contributed by atoms with E-state index < -0.39 is 10.9 Å². The number of carbonyl (C=O) groups is 1. The number of ether oxygens (including phenoxy) is 2. The molecule has 116 valence electrons. The van der Waals surface area contributed by atoms with Crippen molar-refractivity contribution in [2.75, 3.05) is 14.2 Å². The Hall–Kier alpha value is -2.63. The maximum atomic E-state index is 11.7. The second kappa shape index (κ2) is 6.89. The molecule has 1 aliphatic carbocycles. The number of nitro benzene ring substituents is 1. The molecule has 0 saturated heterocycles. The highest BCUT2D eigenvalue weighted by Gasteiger charge is 2.25. The van der Waals surface area contributed by atoms with Gasteiger partial charge in [0.1, 0.15) is 0 Å². The summed E-state index contributed by atoms with van der Waals surface area (Å²) >= 11 is 0. The average molecular weight is 303 g/mol. The lowest BCUT2D eigenvalue weighted by Crippen LogP contribution is -2.10. The van der Waals surface area contributed by atoms with Crippen LogP contribution in [0.15, 0.2) is 30.4 Å². The molecule has 1 aliphatic rings. The van der Waals surface area contributed by atoms with Gasteiger partial charge in [-0.2, -0.15) is 0 Å². The normalized spacial score (nSPS) is 13.5. The van der Waals surface area contributed by atoms with Gasteiger partial charge < -0.3 is 9.47 Å². The Balaban J connectivity index is 2.61. The zero-order valence-electron chi connectivity index (χ0n) is 12.5. The van der Waals surface area contributed by atoms with Crippen molar-refractivity contribution in [3.05, 3.63) is 51.6 Å². The highest BCUT2D eigenvalue weighted by molar-refractivity contribution is 5.81. The SMILES string of the molecule is COC(=O)Cc1c(C2=CC=CCC2)ccc([N+](=O)[O-])c1OC. The van der Waals surface area contributed by atoms with E-state index in [1.165, 1.54) is 20.3 Å². The number of nitro groups is 1. The van der Waals surface area contributed by atoms with Gasteiger partial charge in [-0.25, -0.2) is 0 Å². The molecule has 0 unspecified atom stereocenters. The number of rotatable bonds is 5. The van der Waals surface area contributed by atoms with Crippen LogP contribution in [0, 0.1) is 10.1 Å². The van der Waals surface area contributed by atoms with Crippen LogP contribution in [0.25, 0.3) is 5.57 Å². The van der Waals surface area contributed by atoms with Crippen molar-refractivity contribution in [3.63, 3.8) is 0 Å². The Morgan fingerprint density at radius 2 is 2.14 bits per heavy atom. The smallest absolute Gasteiger partial charge is 0.311 e. The topological polar surface area (TPSA) is 78.7 Å². The van der Waals surface area contributed by atoms with Gasteiger partial charge in [0.15, 0.2) is 0 Å². The predicted octanol–water partition coefficient (Wildman–Crippen LogP) is 3.05. The van der Waals surface area contributed by atoms with Crippen molar-refractivity contribution in [3.8, 4) is 5.75 Å². The van der Waals surface area contributed by atoms with E-state index in [0.717, 1.165) is 24.0 Å². The largest absolute Gasteiger partial charge is 0.490 e. The minimum absolute atomic E-state index is 0.0717. The Bertz CT molecular complexity index is 661. The molecule has 0 heterocycles. The van der Waals surface area contributed by atoms with Crippen molar-refractivity contribution >= 4 is 17.2 Å². The summed E-state index contributed by atoms with van der Waals surface area (Å²) in [6, 6.07) is 3.08. The molecule has 6 heteroatoms.